The van der Waals surface area contributed by atoms with Crippen molar-refractivity contribution in [2.75, 3.05) is 51.5 Å². The van der Waals surface area contributed by atoms with Gasteiger partial charge in [-0.15, -0.1) is 0 Å². The molecule has 30 heavy (non-hydrogen) atoms. The van der Waals surface area contributed by atoms with Gasteiger partial charge in [-0.1, -0.05) is 12.1 Å². The summed E-state index contributed by atoms with van der Waals surface area (Å²) in [6.07, 6.45) is 2.34. The van der Waals surface area contributed by atoms with E-state index < -0.39 is 0 Å². The average molecular weight is 411 g/mol. The number of morpholine rings is 1. The molecule has 2 heterocycles. The number of amides is 1. The minimum atomic E-state index is -0.00191. The van der Waals surface area contributed by atoms with Crippen molar-refractivity contribution in [2.45, 2.75) is 25.5 Å². The van der Waals surface area contributed by atoms with Gasteiger partial charge in [0.2, 0.25) is 0 Å². The molecule has 2 aliphatic rings. The zero-order valence-corrected chi connectivity index (χ0v) is 17.6. The molecule has 6 heteroatoms. The van der Waals surface area contributed by atoms with Crippen LogP contribution in [0.3, 0.4) is 0 Å². The highest BCUT2D eigenvalue weighted by Gasteiger charge is 2.17. The first-order valence-corrected chi connectivity index (χ1v) is 10.7. The number of nitrogens with zero attached hydrogens (tertiary/aromatic N) is 2. The van der Waals surface area contributed by atoms with Crippen LogP contribution in [0.4, 0.5) is 5.69 Å². The average Bonchev–Trinajstić information content (AvgIpc) is 3.32. The normalized spacial score (nSPS) is 19.0. The lowest BCUT2D eigenvalue weighted by Gasteiger charge is -2.29. The van der Waals surface area contributed by atoms with Gasteiger partial charge in [0, 0.05) is 44.5 Å². The first-order chi connectivity index (χ1) is 14.7. The van der Waals surface area contributed by atoms with Crippen LogP contribution in [-0.2, 0) is 16.0 Å². The fraction of sp³-hybridized carbons (Fsp3) is 0.458. The van der Waals surface area contributed by atoms with E-state index in [-0.39, 0.29) is 12.0 Å². The number of benzene rings is 2. The largest absolute Gasteiger partial charge is 0.491 e. The zero-order chi connectivity index (χ0) is 20.8. The molecule has 0 bridgehead atoms. The molecule has 0 spiro atoms. The van der Waals surface area contributed by atoms with Crippen LogP contribution < -0.4 is 9.64 Å². The van der Waals surface area contributed by atoms with Crippen molar-refractivity contribution in [3.05, 3.63) is 59.7 Å². The molecule has 4 rings (SSSR count). The van der Waals surface area contributed by atoms with Crippen LogP contribution in [-0.4, -0.2) is 63.5 Å². The standard InChI is InChI=1S/C24H30N2O4/c1-25(17-19-4-8-21(9-5-19)26-12-15-28-16-13-26)24(27)20-6-10-22(11-7-20)30-18-23-3-2-14-29-23/h4-11,23H,2-3,12-18H2,1H3/t23-/m1/s1. The van der Waals surface area contributed by atoms with Gasteiger partial charge in [0.1, 0.15) is 12.4 Å². The monoisotopic (exact) mass is 410 g/mol. The maximum atomic E-state index is 12.8. The van der Waals surface area contributed by atoms with Crippen molar-refractivity contribution in [3.8, 4) is 5.75 Å². The predicted molar refractivity (Wildman–Crippen MR) is 116 cm³/mol. The highest BCUT2D eigenvalue weighted by atomic mass is 16.5. The molecule has 0 aliphatic carbocycles. The fourth-order valence-corrected chi connectivity index (χ4v) is 3.86. The summed E-state index contributed by atoms with van der Waals surface area (Å²) >= 11 is 0. The van der Waals surface area contributed by atoms with Crippen molar-refractivity contribution < 1.29 is 19.0 Å². The SMILES string of the molecule is CN(Cc1ccc(N2CCOCC2)cc1)C(=O)c1ccc(OC[C@H]2CCCO2)cc1. The number of hydrogen-bond donors (Lipinski definition) is 0. The van der Waals surface area contributed by atoms with Crippen molar-refractivity contribution in [3.63, 3.8) is 0 Å². The van der Waals surface area contributed by atoms with Gasteiger partial charge < -0.3 is 24.0 Å². The second-order valence-electron chi connectivity index (χ2n) is 7.90. The second-order valence-corrected chi connectivity index (χ2v) is 7.90. The Balaban J connectivity index is 1.29. The molecule has 0 aromatic heterocycles. The summed E-state index contributed by atoms with van der Waals surface area (Å²) in [5.41, 5.74) is 2.97. The molecule has 2 aliphatic heterocycles. The Labute approximate surface area is 178 Å². The van der Waals surface area contributed by atoms with Crippen molar-refractivity contribution >= 4 is 11.6 Å². The van der Waals surface area contributed by atoms with E-state index in [1.165, 1.54) is 5.69 Å². The Hall–Kier alpha value is -2.57. The topological polar surface area (TPSA) is 51.2 Å². The highest BCUT2D eigenvalue weighted by molar-refractivity contribution is 5.94. The quantitative estimate of drug-likeness (QED) is 0.701. The lowest BCUT2D eigenvalue weighted by molar-refractivity contribution is 0.0679. The first-order valence-electron chi connectivity index (χ1n) is 10.7. The zero-order valence-electron chi connectivity index (χ0n) is 17.6. The molecule has 1 atom stereocenters. The predicted octanol–water partition coefficient (Wildman–Crippen LogP) is 3.35. The van der Waals surface area contributed by atoms with Gasteiger partial charge in [0.25, 0.3) is 5.91 Å². The van der Waals surface area contributed by atoms with E-state index in [2.05, 4.69) is 29.2 Å². The molecule has 160 valence electrons. The molecule has 2 fully saturated rings. The summed E-state index contributed by atoms with van der Waals surface area (Å²) in [6, 6.07) is 15.8. The number of ether oxygens (including phenoxy) is 3. The van der Waals surface area contributed by atoms with E-state index in [0.29, 0.717) is 18.7 Å². The molecule has 0 radical (unpaired) electrons. The van der Waals surface area contributed by atoms with Gasteiger partial charge in [-0.2, -0.15) is 0 Å². The minimum Gasteiger partial charge on any atom is -0.491 e. The summed E-state index contributed by atoms with van der Waals surface area (Å²) in [6.45, 7) is 5.35. The van der Waals surface area contributed by atoms with Gasteiger partial charge in [-0.3, -0.25) is 4.79 Å². The smallest absolute Gasteiger partial charge is 0.253 e. The Morgan fingerprint density at radius 1 is 1.07 bits per heavy atom. The van der Waals surface area contributed by atoms with Crippen LogP contribution in [0.2, 0.25) is 0 Å². The van der Waals surface area contributed by atoms with Crippen LogP contribution in [0.5, 0.6) is 5.75 Å². The maximum absolute atomic E-state index is 12.8. The van der Waals surface area contributed by atoms with E-state index in [0.717, 1.165) is 57.1 Å². The number of carbonyl (C=O) groups excluding carboxylic acids is 1. The molecule has 2 aromatic carbocycles. The third kappa shape index (κ3) is 5.32. The van der Waals surface area contributed by atoms with E-state index >= 15 is 0 Å². The summed E-state index contributed by atoms with van der Waals surface area (Å²) in [7, 11) is 1.83. The number of carbonyl (C=O) groups is 1. The Kier molecular flexibility index (Phi) is 6.87. The van der Waals surface area contributed by atoms with Gasteiger partial charge in [-0.05, 0) is 54.8 Å². The van der Waals surface area contributed by atoms with E-state index in [1.807, 2.05) is 31.3 Å². The molecule has 2 saturated heterocycles. The molecule has 6 nitrogen and oxygen atoms in total. The molecular weight excluding hydrogens is 380 g/mol. The van der Waals surface area contributed by atoms with Crippen LogP contribution >= 0.6 is 0 Å². The Bertz CT molecular complexity index is 810. The summed E-state index contributed by atoms with van der Waals surface area (Å²) < 4.78 is 16.8. The molecular formula is C24H30N2O4. The van der Waals surface area contributed by atoms with E-state index in [9.17, 15) is 4.79 Å². The molecule has 0 N–H and O–H groups in total. The molecule has 0 saturated carbocycles. The highest BCUT2D eigenvalue weighted by Crippen LogP contribution is 2.19. The van der Waals surface area contributed by atoms with Crippen molar-refractivity contribution in [1.82, 2.24) is 4.90 Å². The molecule has 2 aromatic rings. The van der Waals surface area contributed by atoms with Gasteiger partial charge in [0.15, 0.2) is 0 Å². The Morgan fingerprint density at radius 2 is 1.80 bits per heavy atom. The molecule has 0 unspecified atom stereocenters. The second kappa shape index (κ2) is 9.96. The van der Waals surface area contributed by atoms with Gasteiger partial charge in [0.05, 0.1) is 19.3 Å². The molecule has 1 amide bonds. The van der Waals surface area contributed by atoms with E-state index in [1.54, 1.807) is 4.90 Å². The fourth-order valence-electron chi connectivity index (χ4n) is 3.86. The van der Waals surface area contributed by atoms with Crippen LogP contribution in [0.1, 0.15) is 28.8 Å². The van der Waals surface area contributed by atoms with Gasteiger partial charge in [-0.25, -0.2) is 0 Å². The van der Waals surface area contributed by atoms with Crippen molar-refractivity contribution in [2.24, 2.45) is 0 Å². The third-order valence-electron chi connectivity index (χ3n) is 5.64. The lowest BCUT2D eigenvalue weighted by atomic mass is 10.1. The first kappa shape index (κ1) is 20.7. The van der Waals surface area contributed by atoms with Gasteiger partial charge >= 0.3 is 0 Å². The van der Waals surface area contributed by atoms with Crippen LogP contribution in [0, 0.1) is 0 Å². The Morgan fingerprint density at radius 3 is 2.47 bits per heavy atom. The van der Waals surface area contributed by atoms with Crippen molar-refractivity contribution in [1.29, 1.82) is 0 Å². The summed E-state index contributed by atoms with van der Waals surface area (Å²) in [4.78, 5) is 16.9. The minimum absolute atomic E-state index is 0.00191. The van der Waals surface area contributed by atoms with Crippen LogP contribution in [0.25, 0.3) is 0 Å². The van der Waals surface area contributed by atoms with Crippen LogP contribution in [0.15, 0.2) is 48.5 Å². The third-order valence-corrected chi connectivity index (χ3v) is 5.64. The van der Waals surface area contributed by atoms with E-state index in [4.69, 9.17) is 14.2 Å². The summed E-state index contributed by atoms with van der Waals surface area (Å²) in [5, 5.41) is 0. The lowest BCUT2D eigenvalue weighted by Crippen LogP contribution is -2.36. The number of anilines is 1. The number of rotatable bonds is 7. The number of hydrogen-bond acceptors (Lipinski definition) is 5. The maximum Gasteiger partial charge on any atom is 0.253 e. The summed E-state index contributed by atoms with van der Waals surface area (Å²) in [5.74, 6) is 0.765.